The van der Waals surface area contributed by atoms with Crippen LogP contribution in [0.25, 0.3) is 10.8 Å². The highest BCUT2D eigenvalue weighted by atomic mass is 16.2. The molecule has 2 N–H and O–H groups in total. The average molecular weight is 470 g/mol. The Morgan fingerprint density at radius 3 is 2.60 bits per heavy atom. The lowest BCUT2D eigenvalue weighted by molar-refractivity contribution is -0.134. The Balaban J connectivity index is 1.30. The summed E-state index contributed by atoms with van der Waals surface area (Å²) in [6.07, 6.45) is 9.12. The van der Waals surface area contributed by atoms with Gasteiger partial charge < -0.3 is 5.32 Å². The van der Waals surface area contributed by atoms with E-state index in [0.717, 1.165) is 55.2 Å². The summed E-state index contributed by atoms with van der Waals surface area (Å²) in [7, 11) is 0. The highest BCUT2D eigenvalue weighted by molar-refractivity contribution is 6.27. The molecular formula is C27H27N5O3. The normalized spacial score (nSPS) is 23.7. The summed E-state index contributed by atoms with van der Waals surface area (Å²) in [5.41, 5.74) is 3.77. The molecule has 0 radical (unpaired) electrons. The molecule has 3 aliphatic heterocycles. The largest absolute Gasteiger partial charge is 0.317 e. The maximum absolute atomic E-state index is 13.5. The molecule has 1 aromatic heterocycles. The third-order valence-electron chi connectivity index (χ3n) is 8.35. The lowest BCUT2D eigenvalue weighted by Crippen LogP contribution is -2.53. The summed E-state index contributed by atoms with van der Waals surface area (Å²) in [5, 5.41) is 12.5. The quantitative estimate of drug-likeness (QED) is 0.573. The van der Waals surface area contributed by atoms with Gasteiger partial charge in [0.2, 0.25) is 11.8 Å². The number of anilines is 1. The van der Waals surface area contributed by atoms with Crippen LogP contribution in [-0.4, -0.2) is 46.6 Å². The van der Waals surface area contributed by atoms with Gasteiger partial charge in [-0.25, -0.2) is 0 Å². The minimum absolute atomic E-state index is 0.0899. The van der Waals surface area contributed by atoms with Gasteiger partial charge in [0.1, 0.15) is 6.04 Å². The molecule has 1 saturated carbocycles. The number of nitrogens with zero attached hydrogens (tertiary/aromatic N) is 3. The predicted octanol–water partition coefficient (Wildman–Crippen LogP) is 2.81. The molecule has 0 bridgehead atoms. The fourth-order valence-corrected chi connectivity index (χ4v) is 6.36. The smallest absolute Gasteiger partial charge is 0.259 e. The van der Waals surface area contributed by atoms with Crippen LogP contribution in [0, 0.1) is 0 Å². The van der Waals surface area contributed by atoms with E-state index < -0.39 is 11.9 Å². The number of hydrogen-bond acceptors (Lipinski definition) is 5. The van der Waals surface area contributed by atoms with Crippen molar-refractivity contribution in [3.63, 3.8) is 0 Å². The van der Waals surface area contributed by atoms with Crippen LogP contribution in [0.3, 0.4) is 0 Å². The molecule has 1 unspecified atom stereocenters. The minimum atomic E-state index is -0.667. The molecule has 8 heteroatoms. The highest BCUT2D eigenvalue weighted by Gasteiger charge is 2.49. The van der Waals surface area contributed by atoms with Crippen molar-refractivity contribution in [2.75, 3.05) is 18.0 Å². The van der Waals surface area contributed by atoms with Crippen molar-refractivity contribution in [3.8, 4) is 0 Å². The molecule has 1 aliphatic carbocycles. The minimum Gasteiger partial charge on any atom is -0.317 e. The summed E-state index contributed by atoms with van der Waals surface area (Å²) in [6.45, 7) is 2.05. The van der Waals surface area contributed by atoms with E-state index in [1.165, 1.54) is 11.1 Å². The number of imide groups is 1. The van der Waals surface area contributed by atoms with E-state index in [0.29, 0.717) is 18.0 Å². The third kappa shape index (κ3) is 3.02. The summed E-state index contributed by atoms with van der Waals surface area (Å²) in [4.78, 5) is 39.4. The maximum atomic E-state index is 13.5. The summed E-state index contributed by atoms with van der Waals surface area (Å²) < 4.78 is 2.14. The Bertz CT molecular complexity index is 1400. The number of carbonyl (C=O) groups excluding carboxylic acids is 3. The van der Waals surface area contributed by atoms with Crippen molar-refractivity contribution in [1.29, 1.82) is 0 Å². The number of carbonyl (C=O) groups is 3. The monoisotopic (exact) mass is 469 g/mol. The van der Waals surface area contributed by atoms with Gasteiger partial charge in [-0.05, 0) is 68.3 Å². The van der Waals surface area contributed by atoms with Gasteiger partial charge in [-0.1, -0.05) is 18.2 Å². The SMILES string of the molecule is O=C1CCC(N2C(=O)c3cccc4c(C5(c6cnn(C7CCNCC7)c6)CC5)ccc2c34)C(=O)N1. The van der Waals surface area contributed by atoms with E-state index in [2.05, 4.69) is 33.6 Å². The van der Waals surface area contributed by atoms with Crippen LogP contribution in [0.4, 0.5) is 5.69 Å². The van der Waals surface area contributed by atoms with E-state index in [-0.39, 0.29) is 23.7 Å². The first kappa shape index (κ1) is 20.8. The second-order valence-corrected chi connectivity index (χ2v) is 10.3. The van der Waals surface area contributed by atoms with E-state index >= 15 is 0 Å². The molecule has 4 aliphatic rings. The van der Waals surface area contributed by atoms with Crippen LogP contribution in [0.15, 0.2) is 42.7 Å². The van der Waals surface area contributed by atoms with Crippen LogP contribution in [0.2, 0.25) is 0 Å². The number of rotatable bonds is 4. The Labute approximate surface area is 202 Å². The molecule has 2 saturated heterocycles. The van der Waals surface area contributed by atoms with Crippen molar-refractivity contribution >= 4 is 34.2 Å². The number of nitrogens with one attached hydrogen (secondary N) is 2. The van der Waals surface area contributed by atoms with Gasteiger partial charge >= 0.3 is 0 Å². The summed E-state index contributed by atoms with van der Waals surface area (Å²) >= 11 is 0. The van der Waals surface area contributed by atoms with Crippen LogP contribution in [0.5, 0.6) is 0 Å². The number of piperidine rings is 2. The molecule has 1 atom stereocenters. The Kier molecular flexibility index (Phi) is 4.45. The van der Waals surface area contributed by atoms with Crippen LogP contribution in [0.1, 0.15) is 66.1 Å². The lowest BCUT2D eigenvalue weighted by atomic mass is 9.85. The molecule has 0 spiro atoms. The molecule has 3 amide bonds. The zero-order chi connectivity index (χ0) is 23.7. The zero-order valence-electron chi connectivity index (χ0n) is 19.4. The van der Waals surface area contributed by atoms with Gasteiger partial charge in [-0.15, -0.1) is 0 Å². The van der Waals surface area contributed by atoms with Gasteiger partial charge in [-0.2, -0.15) is 5.10 Å². The predicted molar refractivity (Wildman–Crippen MR) is 130 cm³/mol. The lowest BCUT2D eigenvalue weighted by Gasteiger charge is -2.30. The van der Waals surface area contributed by atoms with E-state index in [1.807, 2.05) is 24.4 Å². The molecule has 2 aromatic carbocycles. The Hall–Kier alpha value is -3.52. The van der Waals surface area contributed by atoms with Gasteiger partial charge in [0.05, 0.1) is 17.9 Å². The number of aromatic nitrogens is 2. The fourth-order valence-electron chi connectivity index (χ4n) is 6.36. The fraction of sp³-hybridized carbons (Fsp3) is 0.407. The van der Waals surface area contributed by atoms with E-state index in [9.17, 15) is 14.4 Å². The molecule has 178 valence electrons. The van der Waals surface area contributed by atoms with Gasteiger partial charge in [-0.3, -0.25) is 29.3 Å². The van der Waals surface area contributed by atoms with Gasteiger partial charge in [0.15, 0.2) is 0 Å². The number of hydrogen-bond donors (Lipinski definition) is 2. The Morgan fingerprint density at radius 2 is 1.83 bits per heavy atom. The van der Waals surface area contributed by atoms with Crippen LogP contribution >= 0.6 is 0 Å². The second kappa shape index (κ2) is 7.49. The highest BCUT2D eigenvalue weighted by Crippen LogP contribution is 2.56. The maximum Gasteiger partial charge on any atom is 0.259 e. The van der Waals surface area contributed by atoms with E-state index in [1.54, 1.807) is 4.90 Å². The third-order valence-corrected chi connectivity index (χ3v) is 8.35. The first-order valence-electron chi connectivity index (χ1n) is 12.6. The Morgan fingerprint density at radius 1 is 1.00 bits per heavy atom. The van der Waals surface area contributed by atoms with Crippen molar-refractivity contribution in [2.45, 2.75) is 56.0 Å². The summed E-state index contributed by atoms with van der Waals surface area (Å²) in [6, 6.07) is 9.77. The standard InChI is InChI=1S/C27H27N5O3/c33-23-7-6-22(25(34)30-23)32-21-5-4-20(18-2-1-3-19(24(18)21)26(32)35)27(10-11-27)16-14-29-31(15-16)17-8-12-28-13-9-17/h1-5,14-15,17,22,28H,6-13H2,(H,30,33,34). The zero-order valence-corrected chi connectivity index (χ0v) is 19.4. The average Bonchev–Trinajstić information content (AvgIpc) is 3.42. The van der Waals surface area contributed by atoms with Crippen LogP contribution in [-0.2, 0) is 15.0 Å². The topological polar surface area (TPSA) is 96.3 Å². The molecule has 8 nitrogen and oxygen atoms in total. The van der Waals surface area contributed by atoms with Gasteiger partial charge in [0.25, 0.3) is 5.91 Å². The van der Waals surface area contributed by atoms with Crippen molar-refractivity contribution in [3.05, 3.63) is 59.4 Å². The molecule has 3 fully saturated rings. The number of benzene rings is 2. The molecular weight excluding hydrogens is 442 g/mol. The van der Waals surface area contributed by atoms with Crippen molar-refractivity contribution in [2.24, 2.45) is 0 Å². The molecule has 35 heavy (non-hydrogen) atoms. The number of amides is 3. The summed E-state index contributed by atoms with van der Waals surface area (Å²) in [5.74, 6) is -0.846. The molecule has 3 aromatic rings. The van der Waals surface area contributed by atoms with E-state index in [4.69, 9.17) is 5.10 Å². The molecule has 7 rings (SSSR count). The first-order chi connectivity index (χ1) is 17.1. The van der Waals surface area contributed by atoms with Crippen molar-refractivity contribution < 1.29 is 14.4 Å². The van der Waals surface area contributed by atoms with Crippen molar-refractivity contribution in [1.82, 2.24) is 20.4 Å². The molecule has 4 heterocycles. The van der Waals surface area contributed by atoms with Crippen LogP contribution < -0.4 is 15.5 Å². The van der Waals surface area contributed by atoms with Gasteiger partial charge in [0, 0.05) is 34.5 Å². The second-order valence-electron chi connectivity index (χ2n) is 10.3. The first-order valence-corrected chi connectivity index (χ1v) is 12.6.